The number of anilines is 1. The lowest BCUT2D eigenvalue weighted by Crippen LogP contribution is -2.50. The van der Waals surface area contributed by atoms with Crippen molar-refractivity contribution >= 4 is 17.5 Å². The van der Waals surface area contributed by atoms with Crippen molar-refractivity contribution in [3.63, 3.8) is 0 Å². The fourth-order valence-electron chi connectivity index (χ4n) is 3.97. The number of nitrogens with zero attached hydrogens (tertiary/aromatic N) is 6. The zero-order valence-electron chi connectivity index (χ0n) is 22.3. The lowest BCUT2D eigenvalue weighted by atomic mass is 10.0. The van der Waals surface area contributed by atoms with Gasteiger partial charge in [0.1, 0.15) is 24.1 Å². The second kappa shape index (κ2) is 10.8. The molecule has 1 atom stereocenters. The molecular weight excluding hydrogens is 486 g/mol. The molecule has 0 unspecified atom stereocenters. The minimum absolute atomic E-state index is 0.252. The molecule has 198 valence electrons. The smallest absolute Gasteiger partial charge is 0.251 e. The lowest BCUT2D eigenvalue weighted by Gasteiger charge is -2.34. The Morgan fingerprint density at radius 2 is 1.84 bits per heavy atom. The largest absolute Gasteiger partial charge is 0.495 e. The van der Waals surface area contributed by atoms with Gasteiger partial charge in [-0.05, 0) is 87.4 Å². The van der Waals surface area contributed by atoms with Crippen molar-refractivity contribution in [1.29, 1.82) is 0 Å². The van der Waals surface area contributed by atoms with E-state index in [1.54, 1.807) is 48.8 Å². The van der Waals surface area contributed by atoms with Gasteiger partial charge >= 0.3 is 0 Å². The molecule has 1 aromatic carbocycles. The Kier molecular flexibility index (Phi) is 7.56. The average Bonchev–Trinajstić information content (AvgIpc) is 3.50. The summed E-state index contributed by atoms with van der Waals surface area (Å²) in [6, 6.07) is 11.4. The number of nitrogens with one attached hydrogen (secondary N) is 1. The first kappa shape index (κ1) is 26.5. The first-order valence-electron chi connectivity index (χ1n) is 12.1. The van der Waals surface area contributed by atoms with Gasteiger partial charge in [0.25, 0.3) is 5.91 Å². The van der Waals surface area contributed by atoms with Crippen LogP contribution in [-0.4, -0.2) is 49.7 Å². The van der Waals surface area contributed by atoms with E-state index in [4.69, 9.17) is 9.15 Å². The first-order chi connectivity index (χ1) is 18.1. The number of tetrazole rings is 1. The molecule has 0 spiro atoms. The molecule has 3 aromatic heterocycles. The van der Waals surface area contributed by atoms with E-state index in [-0.39, 0.29) is 18.3 Å². The number of pyridine rings is 1. The van der Waals surface area contributed by atoms with Crippen LogP contribution < -0.4 is 15.0 Å². The minimum Gasteiger partial charge on any atom is -0.495 e. The number of carbonyl (C=O) groups excluding carboxylic acids is 2. The number of carbonyl (C=O) groups is 2. The van der Waals surface area contributed by atoms with Crippen LogP contribution in [0.5, 0.6) is 5.75 Å². The van der Waals surface area contributed by atoms with Crippen LogP contribution in [0.1, 0.15) is 43.7 Å². The van der Waals surface area contributed by atoms with E-state index < -0.39 is 17.5 Å². The number of furan rings is 1. The van der Waals surface area contributed by atoms with Crippen LogP contribution in [0, 0.1) is 13.8 Å². The lowest BCUT2D eigenvalue weighted by molar-refractivity contribution is -0.128. The Balaban J connectivity index is 1.80. The van der Waals surface area contributed by atoms with Gasteiger partial charge in [0.15, 0.2) is 5.76 Å². The molecule has 38 heavy (non-hydrogen) atoms. The molecule has 0 fully saturated rings. The molecule has 3 heterocycles. The fraction of sp³-hybridized carbons (Fsp3) is 0.333. The summed E-state index contributed by atoms with van der Waals surface area (Å²) in [7, 11) is 1.52. The Labute approximate surface area is 220 Å². The molecule has 0 saturated carbocycles. The van der Waals surface area contributed by atoms with Gasteiger partial charge in [-0.2, -0.15) is 4.80 Å². The van der Waals surface area contributed by atoms with Gasteiger partial charge in [0.2, 0.25) is 11.7 Å². The summed E-state index contributed by atoms with van der Waals surface area (Å²) in [5, 5.41) is 15.4. The van der Waals surface area contributed by atoms with Crippen LogP contribution >= 0.6 is 0 Å². The van der Waals surface area contributed by atoms with Crippen molar-refractivity contribution in [3.8, 4) is 17.3 Å². The zero-order chi connectivity index (χ0) is 27.4. The third-order valence-electron chi connectivity index (χ3n) is 5.58. The summed E-state index contributed by atoms with van der Waals surface area (Å²) in [6.07, 6.45) is 3.17. The molecule has 11 nitrogen and oxygen atoms in total. The maximum Gasteiger partial charge on any atom is 0.251 e. The average molecular weight is 518 g/mol. The van der Waals surface area contributed by atoms with Crippen LogP contribution in [-0.2, 0) is 16.1 Å². The van der Waals surface area contributed by atoms with Crippen molar-refractivity contribution in [2.45, 2.75) is 52.7 Å². The van der Waals surface area contributed by atoms with Crippen molar-refractivity contribution < 1.29 is 18.7 Å². The Hall–Kier alpha value is -4.54. The van der Waals surface area contributed by atoms with Gasteiger partial charge < -0.3 is 14.5 Å². The van der Waals surface area contributed by atoms with Gasteiger partial charge in [-0.15, -0.1) is 10.2 Å². The van der Waals surface area contributed by atoms with Gasteiger partial charge in [-0.25, -0.2) is 0 Å². The normalized spacial score (nSPS) is 12.2. The molecule has 2 amide bonds. The molecule has 0 radical (unpaired) electrons. The predicted octanol–water partition coefficient (Wildman–Crippen LogP) is 3.64. The second-order valence-corrected chi connectivity index (χ2v) is 9.92. The number of ether oxygens (including phenoxy) is 1. The summed E-state index contributed by atoms with van der Waals surface area (Å²) >= 11 is 0. The molecule has 4 rings (SSSR count). The summed E-state index contributed by atoms with van der Waals surface area (Å²) in [6.45, 7) is 9.07. The molecule has 11 heteroatoms. The standard InChI is InChI=1S/C27H31N7O4/c1-17-7-9-21(37-6)20(15-17)34(24(19-11-13-28-14-12-19)26(36)29-27(3,4)5)23(35)16-33-31-25(30-32-33)22-10-8-18(2)38-22/h7-15,24H,16H2,1-6H3,(H,29,36)/t24-/m1/s1. The van der Waals surface area contributed by atoms with Gasteiger partial charge in [-0.1, -0.05) is 6.07 Å². The second-order valence-electron chi connectivity index (χ2n) is 9.92. The summed E-state index contributed by atoms with van der Waals surface area (Å²) in [5.74, 6) is 1.03. The van der Waals surface area contributed by atoms with Crippen molar-refractivity contribution in [2.24, 2.45) is 0 Å². The highest BCUT2D eigenvalue weighted by atomic mass is 16.5. The summed E-state index contributed by atoms with van der Waals surface area (Å²) in [5.41, 5.74) is 1.36. The topological polar surface area (TPSA) is 128 Å². The number of methoxy groups -OCH3 is 1. The van der Waals surface area contributed by atoms with Gasteiger partial charge in [-0.3, -0.25) is 19.5 Å². The van der Waals surface area contributed by atoms with Crippen LogP contribution in [0.15, 0.2) is 59.3 Å². The van der Waals surface area contributed by atoms with E-state index in [9.17, 15) is 9.59 Å². The molecule has 0 aliphatic carbocycles. The number of aromatic nitrogens is 5. The van der Waals surface area contributed by atoms with E-state index in [1.807, 2.05) is 40.7 Å². The Morgan fingerprint density at radius 3 is 2.47 bits per heavy atom. The maximum absolute atomic E-state index is 14.0. The van der Waals surface area contributed by atoms with Crippen molar-refractivity contribution in [3.05, 3.63) is 71.7 Å². The number of hydrogen-bond acceptors (Lipinski definition) is 8. The van der Waals surface area contributed by atoms with E-state index >= 15 is 0 Å². The predicted molar refractivity (Wildman–Crippen MR) is 140 cm³/mol. The minimum atomic E-state index is -1.03. The monoisotopic (exact) mass is 517 g/mol. The molecule has 4 aromatic rings. The molecule has 0 saturated heterocycles. The number of aryl methyl sites for hydroxylation is 2. The molecular formula is C27H31N7O4. The molecule has 0 aliphatic heterocycles. The third kappa shape index (κ3) is 6.05. The Morgan fingerprint density at radius 1 is 1.11 bits per heavy atom. The number of benzene rings is 1. The summed E-state index contributed by atoms with van der Waals surface area (Å²) in [4.78, 5) is 34.5. The Bertz CT molecular complexity index is 1420. The SMILES string of the molecule is COc1ccc(C)cc1N(C(=O)Cn1nnc(-c2ccc(C)o2)n1)[C@@H](C(=O)NC(C)(C)C)c1ccncc1. The van der Waals surface area contributed by atoms with Gasteiger partial charge in [0.05, 0.1) is 12.8 Å². The van der Waals surface area contributed by atoms with Crippen LogP contribution in [0.4, 0.5) is 5.69 Å². The summed E-state index contributed by atoms with van der Waals surface area (Å²) < 4.78 is 11.2. The maximum atomic E-state index is 14.0. The number of amides is 2. The highest BCUT2D eigenvalue weighted by Crippen LogP contribution is 2.36. The zero-order valence-corrected chi connectivity index (χ0v) is 22.3. The quantitative estimate of drug-likeness (QED) is 0.375. The van der Waals surface area contributed by atoms with Crippen LogP contribution in [0.3, 0.4) is 0 Å². The highest BCUT2D eigenvalue weighted by molar-refractivity contribution is 6.02. The van der Waals surface area contributed by atoms with E-state index in [2.05, 4.69) is 25.7 Å². The van der Waals surface area contributed by atoms with E-state index in [0.29, 0.717) is 28.5 Å². The number of rotatable bonds is 8. The molecule has 0 aliphatic rings. The van der Waals surface area contributed by atoms with E-state index in [1.165, 1.54) is 16.8 Å². The highest BCUT2D eigenvalue weighted by Gasteiger charge is 2.36. The number of hydrogen-bond donors (Lipinski definition) is 1. The van der Waals surface area contributed by atoms with Crippen LogP contribution in [0.2, 0.25) is 0 Å². The molecule has 0 bridgehead atoms. The van der Waals surface area contributed by atoms with Crippen molar-refractivity contribution in [2.75, 3.05) is 12.0 Å². The first-order valence-corrected chi connectivity index (χ1v) is 12.1. The van der Waals surface area contributed by atoms with E-state index in [0.717, 1.165) is 5.56 Å². The van der Waals surface area contributed by atoms with Gasteiger partial charge in [0, 0.05) is 17.9 Å². The van der Waals surface area contributed by atoms with Crippen molar-refractivity contribution in [1.82, 2.24) is 30.5 Å². The third-order valence-corrected chi connectivity index (χ3v) is 5.58. The molecule has 1 N–H and O–H groups in total. The van der Waals surface area contributed by atoms with Crippen LogP contribution in [0.25, 0.3) is 11.6 Å². The fourth-order valence-corrected chi connectivity index (χ4v) is 3.97.